The number of furan rings is 1. The van der Waals surface area contributed by atoms with Crippen LogP contribution in [0, 0.1) is 10.1 Å². The minimum absolute atomic E-state index is 0. The Bertz CT molecular complexity index is 266. The maximum absolute atomic E-state index is 10.0. The highest BCUT2D eigenvalue weighted by molar-refractivity contribution is 5.76. The van der Waals surface area contributed by atoms with E-state index in [1.54, 1.807) is 0 Å². The molecule has 1 heterocycles. The summed E-state index contributed by atoms with van der Waals surface area (Å²) in [5.41, 5.74) is -0.296. The lowest BCUT2D eigenvalue weighted by Crippen LogP contribution is -1.88. The van der Waals surface area contributed by atoms with E-state index in [1.807, 2.05) is 0 Å². The third-order valence-electron chi connectivity index (χ3n) is 0.977. The normalized spacial score (nSPS) is 8.36. The molecule has 0 radical (unpaired) electrons. The Balaban J connectivity index is 0.000001000. The van der Waals surface area contributed by atoms with Crippen LogP contribution in [-0.2, 0) is 0 Å². The molecule has 11 heavy (non-hydrogen) atoms. The zero-order chi connectivity index (χ0) is 7.56. The van der Waals surface area contributed by atoms with Gasteiger partial charge < -0.3 is 9.89 Å². The monoisotopic (exact) mass is 159 g/mol. The van der Waals surface area contributed by atoms with Crippen LogP contribution < -0.4 is 0 Å². The van der Waals surface area contributed by atoms with E-state index in [1.165, 1.54) is 0 Å². The molecule has 60 valence electrons. The Hall–Kier alpha value is -1.69. The highest BCUT2D eigenvalue weighted by Gasteiger charge is 2.15. The maximum atomic E-state index is 10.0. The summed E-state index contributed by atoms with van der Waals surface area (Å²) in [6, 6.07) is 1.13. The second kappa shape index (κ2) is 3.47. The van der Waals surface area contributed by atoms with Gasteiger partial charge in [0.1, 0.15) is 0 Å². The zero-order valence-corrected chi connectivity index (χ0v) is 5.31. The fourth-order valence-corrected chi connectivity index (χ4v) is 0.553. The van der Waals surface area contributed by atoms with Crippen LogP contribution in [0.4, 0.5) is 5.69 Å². The lowest BCUT2D eigenvalue weighted by molar-refractivity contribution is -0.385. The Morgan fingerprint density at radius 1 is 1.64 bits per heavy atom. The molecule has 0 aliphatic rings. The minimum Gasteiger partial charge on any atom is -0.454 e. The van der Waals surface area contributed by atoms with Gasteiger partial charge in [-0.25, -0.2) is 0 Å². The highest BCUT2D eigenvalue weighted by Crippen LogP contribution is 2.16. The summed E-state index contributed by atoms with van der Waals surface area (Å²) < 4.78 is 4.47. The first-order valence-electron chi connectivity index (χ1n) is 2.42. The Labute approximate surface area is 60.9 Å². The van der Waals surface area contributed by atoms with Gasteiger partial charge in [0.05, 0.1) is 17.3 Å². The summed E-state index contributed by atoms with van der Waals surface area (Å²) in [5, 5.41) is 10.0. The largest absolute Gasteiger partial charge is 0.454 e. The van der Waals surface area contributed by atoms with Crippen molar-refractivity contribution in [1.82, 2.24) is 0 Å². The molecule has 0 aliphatic carbocycles. The van der Waals surface area contributed by atoms with Crippen molar-refractivity contribution in [3.63, 3.8) is 0 Å². The number of nitro groups is 1. The molecule has 0 spiro atoms. The predicted molar refractivity (Wildman–Crippen MR) is 34.4 cm³/mol. The summed E-state index contributed by atoms with van der Waals surface area (Å²) in [6.07, 6.45) is 1.40. The second-order valence-corrected chi connectivity index (χ2v) is 1.55. The lowest BCUT2D eigenvalue weighted by Gasteiger charge is -1.81. The van der Waals surface area contributed by atoms with Crippen LogP contribution in [0.25, 0.3) is 0 Å². The number of carbonyl (C=O) groups is 1. The smallest absolute Gasteiger partial charge is 0.318 e. The third kappa shape index (κ3) is 1.62. The van der Waals surface area contributed by atoms with E-state index in [0.29, 0.717) is 6.29 Å². The van der Waals surface area contributed by atoms with Crippen LogP contribution in [0.3, 0.4) is 0 Å². The van der Waals surface area contributed by atoms with Crippen molar-refractivity contribution in [2.75, 3.05) is 0 Å². The molecule has 1 aromatic heterocycles. The van der Waals surface area contributed by atoms with Gasteiger partial charge in [0.15, 0.2) is 6.29 Å². The quantitative estimate of drug-likeness (QED) is 0.348. The molecule has 6 heteroatoms. The van der Waals surface area contributed by atoms with Crippen LogP contribution in [-0.4, -0.2) is 16.7 Å². The van der Waals surface area contributed by atoms with Gasteiger partial charge in [0.2, 0.25) is 5.76 Å². The number of nitrogens with zero attached hydrogens (tertiary/aromatic N) is 1. The Morgan fingerprint density at radius 2 is 2.27 bits per heavy atom. The molecule has 0 atom stereocenters. The van der Waals surface area contributed by atoms with Gasteiger partial charge >= 0.3 is 5.69 Å². The van der Waals surface area contributed by atoms with Crippen molar-refractivity contribution in [3.8, 4) is 0 Å². The number of carbonyl (C=O) groups excluding carboxylic acids is 1. The van der Waals surface area contributed by atoms with Crippen LogP contribution in [0.5, 0.6) is 0 Å². The molecule has 2 N–H and O–H groups in total. The van der Waals surface area contributed by atoms with Crippen LogP contribution >= 0.6 is 0 Å². The molecular weight excluding hydrogens is 154 g/mol. The average molecular weight is 159 g/mol. The minimum atomic E-state index is -0.673. The number of hydrogen-bond donors (Lipinski definition) is 0. The molecule has 6 nitrogen and oxygen atoms in total. The first-order valence-corrected chi connectivity index (χ1v) is 2.42. The van der Waals surface area contributed by atoms with Gasteiger partial charge in [-0.2, -0.15) is 0 Å². The molecule has 0 saturated carbocycles. The first kappa shape index (κ1) is 9.31. The molecule has 1 rings (SSSR count). The van der Waals surface area contributed by atoms with E-state index in [0.717, 1.165) is 12.3 Å². The van der Waals surface area contributed by atoms with E-state index in [9.17, 15) is 14.9 Å². The standard InChI is InChI=1S/C5H3NO4.H2O/c7-3-5-4(6(8)9)1-2-10-5;/h1-3H;1H2. The van der Waals surface area contributed by atoms with Crippen molar-refractivity contribution in [3.05, 3.63) is 28.2 Å². The molecule has 0 amide bonds. The number of aldehydes is 1. The van der Waals surface area contributed by atoms with Gasteiger partial charge in [0.25, 0.3) is 0 Å². The highest BCUT2D eigenvalue weighted by atomic mass is 16.6. The molecule has 0 unspecified atom stereocenters. The summed E-state index contributed by atoms with van der Waals surface area (Å²) in [7, 11) is 0. The third-order valence-corrected chi connectivity index (χ3v) is 0.977. The fourth-order valence-electron chi connectivity index (χ4n) is 0.553. The predicted octanol–water partition coefficient (Wildman–Crippen LogP) is 0.176. The van der Waals surface area contributed by atoms with Crippen LogP contribution in [0.1, 0.15) is 10.6 Å². The van der Waals surface area contributed by atoms with Gasteiger partial charge in [0, 0.05) is 0 Å². The summed E-state index contributed by atoms with van der Waals surface area (Å²) in [4.78, 5) is 19.3. The second-order valence-electron chi connectivity index (χ2n) is 1.55. The van der Waals surface area contributed by atoms with E-state index in [4.69, 9.17) is 0 Å². The summed E-state index contributed by atoms with van der Waals surface area (Å²) >= 11 is 0. The van der Waals surface area contributed by atoms with E-state index < -0.39 is 4.92 Å². The first-order chi connectivity index (χ1) is 4.75. The lowest BCUT2D eigenvalue weighted by atomic mass is 10.4. The van der Waals surface area contributed by atoms with Gasteiger partial charge in [-0.1, -0.05) is 0 Å². The topological polar surface area (TPSA) is 105 Å². The average Bonchev–Trinajstić information content (AvgIpc) is 2.33. The van der Waals surface area contributed by atoms with Crippen molar-refractivity contribution in [2.24, 2.45) is 0 Å². The van der Waals surface area contributed by atoms with Crippen LogP contribution in [0.15, 0.2) is 16.7 Å². The Morgan fingerprint density at radius 3 is 2.64 bits per heavy atom. The fraction of sp³-hybridized carbons (Fsp3) is 0. The molecule has 0 saturated heterocycles. The van der Waals surface area contributed by atoms with E-state index in [-0.39, 0.29) is 16.9 Å². The van der Waals surface area contributed by atoms with Crippen molar-refractivity contribution in [2.45, 2.75) is 0 Å². The number of hydrogen-bond acceptors (Lipinski definition) is 4. The molecule has 1 aromatic rings. The van der Waals surface area contributed by atoms with Gasteiger partial charge in [-0.05, 0) is 0 Å². The van der Waals surface area contributed by atoms with Crippen molar-refractivity contribution < 1.29 is 19.6 Å². The summed E-state index contributed by atoms with van der Waals surface area (Å²) in [5.74, 6) is -0.245. The molecule has 0 fully saturated rings. The maximum Gasteiger partial charge on any atom is 0.318 e. The van der Waals surface area contributed by atoms with Gasteiger partial charge in [-0.15, -0.1) is 0 Å². The van der Waals surface area contributed by atoms with Crippen molar-refractivity contribution >= 4 is 12.0 Å². The SMILES string of the molecule is O.O=Cc1occc1[N+](=O)[O-]. The molecule has 0 bridgehead atoms. The van der Waals surface area contributed by atoms with E-state index in [2.05, 4.69) is 4.42 Å². The molecule has 0 aliphatic heterocycles. The molecule has 0 aromatic carbocycles. The Kier molecular flexibility index (Phi) is 2.94. The van der Waals surface area contributed by atoms with Crippen LogP contribution in [0.2, 0.25) is 0 Å². The van der Waals surface area contributed by atoms with Crippen molar-refractivity contribution in [1.29, 1.82) is 0 Å². The zero-order valence-electron chi connectivity index (χ0n) is 5.31. The van der Waals surface area contributed by atoms with Gasteiger partial charge in [-0.3, -0.25) is 14.9 Å². The summed E-state index contributed by atoms with van der Waals surface area (Å²) in [6.45, 7) is 0. The van der Waals surface area contributed by atoms with E-state index >= 15 is 0 Å². The molecular formula is C5H5NO5. The number of rotatable bonds is 2.